The lowest BCUT2D eigenvalue weighted by atomic mass is 10.1. The van der Waals surface area contributed by atoms with Crippen molar-refractivity contribution in [1.29, 1.82) is 0 Å². The molecule has 4 heterocycles. The molecule has 20 heteroatoms. The van der Waals surface area contributed by atoms with Crippen LogP contribution in [0.1, 0.15) is 32.3 Å². The van der Waals surface area contributed by atoms with E-state index in [0.29, 0.717) is 56.3 Å². The number of alkyl carbamates (subject to hydrolysis) is 2. The summed E-state index contributed by atoms with van der Waals surface area (Å²) in [6.07, 6.45) is 0.175. The van der Waals surface area contributed by atoms with E-state index in [1.54, 1.807) is 13.8 Å². The zero-order chi connectivity index (χ0) is 39.6. The van der Waals surface area contributed by atoms with Crippen molar-refractivity contribution in [2.24, 2.45) is 11.8 Å². The van der Waals surface area contributed by atoms with Crippen LogP contribution in [-0.4, -0.2) is 102 Å². The van der Waals surface area contributed by atoms with Gasteiger partial charge in [-0.3, -0.25) is 29.8 Å². The number of imide groups is 2. The van der Waals surface area contributed by atoms with Gasteiger partial charge in [-0.05, 0) is 80.5 Å². The standard InChI is InChI=1S/C36H44N6O10S4/c1-3-50-35(47)41-27(43)21-10-15-53-31(21)39-29(45)33-37-23-7-5-19(17-25(23)55-33)9-12-49-13-14-52-20-6-8-24-26(18-20)56-34(38-24)30(46)40-32-22(11-16-54-32)28(44)42-36(48)51-4-2/h5-8,17-18,21-22,31-34,37-38H,3-4,9-16H2,1-2H3,(H,39,45)(H,40,46)(H,41,43,47)(H,42,44,48). The maximum Gasteiger partial charge on any atom is 0.413 e. The molecular weight excluding hydrogens is 805 g/mol. The molecule has 0 aromatic heterocycles. The highest BCUT2D eigenvalue weighted by molar-refractivity contribution is 8.01. The summed E-state index contributed by atoms with van der Waals surface area (Å²) in [5.41, 5.74) is 2.73. The van der Waals surface area contributed by atoms with Crippen LogP contribution in [0.25, 0.3) is 0 Å². The molecule has 6 N–H and O–H groups in total. The molecule has 0 spiro atoms. The first-order valence-electron chi connectivity index (χ1n) is 18.2. The summed E-state index contributed by atoms with van der Waals surface area (Å²) in [6, 6.07) is 11.5. The number of benzene rings is 2. The number of hydrogen-bond acceptors (Lipinski definition) is 16. The van der Waals surface area contributed by atoms with E-state index < -0.39 is 57.3 Å². The molecule has 2 aromatic rings. The predicted molar refractivity (Wildman–Crippen MR) is 215 cm³/mol. The van der Waals surface area contributed by atoms with Gasteiger partial charge in [0.1, 0.15) is 12.4 Å². The fraction of sp³-hybridized carbons (Fsp3) is 0.500. The van der Waals surface area contributed by atoms with Crippen molar-refractivity contribution in [3.63, 3.8) is 0 Å². The number of carbonyl (C=O) groups excluding carboxylic acids is 6. The fourth-order valence-electron chi connectivity index (χ4n) is 6.25. The van der Waals surface area contributed by atoms with Crippen molar-refractivity contribution in [3.05, 3.63) is 42.0 Å². The Morgan fingerprint density at radius 2 is 1.21 bits per heavy atom. The van der Waals surface area contributed by atoms with E-state index in [2.05, 4.69) is 31.9 Å². The minimum absolute atomic E-state index is 0.155. The molecular formula is C36H44N6O10S4. The molecule has 0 aliphatic carbocycles. The quantitative estimate of drug-likeness (QED) is 0.140. The molecule has 6 atom stereocenters. The summed E-state index contributed by atoms with van der Waals surface area (Å²) < 4.78 is 21.4. The van der Waals surface area contributed by atoms with Crippen LogP contribution in [0.5, 0.6) is 5.75 Å². The second kappa shape index (κ2) is 19.9. The molecule has 302 valence electrons. The van der Waals surface area contributed by atoms with Gasteiger partial charge in [-0.2, -0.15) is 0 Å². The average Bonchev–Trinajstić information content (AvgIpc) is 3.99. The van der Waals surface area contributed by atoms with Crippen molar-refractivity contribution in [2.75, 3.05) is 55.2 Å². The Hall–Kier alpha value is -3.98. The Morgan fingerprint density at radius 1 is 0.679 bits per heavy atom. The summed E-state index contributed by atoms with van der Waals surface area (Å²) in [5, 5.41) is 14.8. The molecule has 16 nitrogen and oxygen atoms in total. The third kappa shape index (κ3) is 10.9. The fourth-order valence-corrected chi connectivity index (χ4v) is 11.1. The second-order valence-electron chi connectivity index (χ2n) is 12.8. The molecule has 2 fully saturated rings. The monoisotopic (exact) mass is 848 g/mol. The second-order valence-corrected chi connectivity index (χ2v) is 17.6. The smallest absolute Gasteiger partial charge is 0.413 e. The molecule has 0 saturated carbocycles. The van der Waals surface area contributed by atoms with Gasteiger partial charge in [0, 0.05) is 21.2 Å². The van der Waals surface area contributed by atoms with Crippen molar-refractivity contribution in [1.82, 2.24) is 21.3 Å². The topological polar surface area (TPSA) is 212 Å². The van der Waals surface area contributed by atoms with E-state index in [0.717, 1.165) is 26.7 Å². The van der Waals surface area contributed by atoms with Crippen molar-refractivity contribution in [2.45, 2.75) is 64.4 Å². The first-order valence-corrected chi connectivity index (χ1v) is 22.1. The lowest BCUT2D eigenvalue weighted by Crippen LogP contribution is -2.47. The molecule has 56 heavy (non-hydrogen) atoms. The van der Waals surface area contributed by atoms with Gasteiger partial charge < -0.3 is 40.2 Å². The van der Waals surface area contributed by atoms with E-state index >= 15 is 0 Å². The number of thioether (sulfide) groups is 4. The Bertz CT molecular complexity index is 1680. The van der Waals surface area contributed by atoms with Gasteiger partial charge in [-0.1, -0.05) is 29.6 Å². The third-order valence-electron chi connectivity index (χ3n) is 9.00. The predicted octanol–water partition coefficient (Wildman–Crippen LogP) is 3.95. The zero-order valence-electron chi connectivity index (χ0n) is 30.7. The maximum atomic E-state index is 13.1. The molecule has 2 aromatic carbocycles. The lowest BCUT2D eigenvalue weighted by molar-refractivity contribution is -0.126. The number of ether oxygens (including phenoxy) is 4. The molecule has 6 rings (SSSR count). The third-order valence-corrected chi connectivity index (χ3v) is 13.9. The Kier molecular flexibility index (Phi) is 14.8. The first kappa shape index (κ1) is 41.6. The minimum atomic E-state index is -0.792. The summed E-state index contributed by atoms with van der Waals surface area (Å²) in [5.74, 6) is -0.456. The Balaban J connectivity index is 0.877. The van der Waals surface area contributed by atoms with Crippen LogP contribution in [-0.2, 0) is 39.8 Å². The Morgan fingerprint density at radius 3 is 1.77 bits per heavy atom. The number of anilines is 2. The van der Waals surface area contributed by atoms with Gasteiger partial charge in [0.25, 0.3) is 11.8 Å². The normalized spacial score (nSPS) is 23.1. The summed E-state index contributed by atoms with van der Waals surface area (Å²) in [4.78, 5) is 76.6. The number of carbonyl (C=O) groups is 6. The summed E-state index contributed by atoms with van der Waals surface area (Å²) in [7, 11) is 0. The van der Waals surface area contributed by atoms with Crippen LogP contribution in [0.2, 0.25) is 0 Å². The van der Waals surface area contributed by atoms with Crippen molar-refractivity contribution in [3.8, 4) is 5.75 Å². The molecule has 6 unspecified atom stereocenters. The zero-order valence-corrected chi connectivity index (χ0v) is 34.0. The van der Waals surface area contributed by atoms with E-state index in [4.69, 9.17) is 18.9 Å². The number of fused-ring (bicyclic) bond motifs is 2. The van der Waals surface area contributed by atoms with Gasteiger partial charge in [-0.25, -0.2) is 9.59 Å². The molecule has 2 saturated heterocycles. The molecule has 4 aliphatic rings. The molecule has 4 aliphatic heterocycles. The van der Waals surface area contributed by atoms with Crippen LogP contribution in [0, 0.1) is 11.8 Å². The lowest BCUT2D eigenvalue weighted by Gasteiger charge is -2.21. The van der Waals surface area contributed by atoms with Gasteiger partial charge in [0.15, 0.2) is 10.7 Å². The largest absolute Gasteiger partial charge is 0.491 e. The van der Waals surface area contributed by atoms with Crippen molar-refractivity contribution >= 4 is 94.2 Å². The van der Waals surface area contributed by atoms with E-state index in [1.807, 2.05) is 36.4 Å². The highest BCUT2D eigenvalue weighted by Gasteiger charge is 2.39. The minimum Gasteiger partial charge on any atom is -0.491 e. The number of rotatable bonds is 15. The summed E-state index contributed by atoms with van der Waals surface area (Å²) in [6.45, 7) is 4.81. The van der Waals surface area contributed by atoms with Crippen LogP contribution in [0.15, 0.2) is 46.2 Å². The number of nitrogens with one attached hydrogen (secondary N) is 6. The number of amides is 6. The maximum absolute atomic E-state index is 13.1. The van der Waals surface area contributed by atoms with Gasteiger partial charge in [-0.15, -0.1) is 23.5 Å². The van der Waals surface area contributed by atoms with Crippen LogP contribution in [0.4, 0.5) is 21.0 Å². The van der Waals surface area contributed by atoms with Crippen LogP contribution in [0.3, 0.4) is 0 Å². The molecule has 0 bridgehead atoms. The van der Waals surface area contributed by atoms with Gasteiger partial charge in [0.05, 0.1) is 49.0 Å². The van der Waals surface area contributed by atoms with Gasteiger partial charge >= 0.3 is 12.2 Å². The van der Waals surface area contributed by atoms with E-state index in [1.165, 1.54) is 47.0 Å². The van der Waals surface area contributed by atoms with E-state index in [-0.39, 0.29) is 25.0 Å². The molecule has 0 radical (unpaired) electrons. The first-order chi connectivity index (χ1) is 27.1. The highest BCUT2D eigenvalue weighted by atomic mass is 32.2. The number of hydrogen-bond donors (Lipinski definition) is 6. The summed E-state index contributed by atoms with van der Waals surface area (Å²) >= 11 is 5.71. The van der Waals surface area contributed by atoms with Crippen LogP contribution >= 0.6 is 47.0 Å². The van der Waals surface area contributed by atoms with Gasteiger partial charge in [0.2, 0.25) is 11.8 Å². The SMILES string of the molecule is CCOC(=O)NC(=O)C1CCSC1NC(=O)C1Nc2ccc(CCOCCOc3ccc4c(c3)SC(C(=O)NC3SCCC3C(=O)NC(=O)OCC)N4)cc2S1. The van der Waals surface area contributed by atoms with Crippen LogP contribution < -0.4 is 36.6 Å². The Labute approximate surface area is 340 Å². The van der Waals surface area contributed by atoms with Crippen molar-refractivity contribution < 1.29 is 47.7 Å². The average molecular weight is 849 g/mol. The van der Waals surface area contributed by atoms with E-state index in [9.17, 15) is 28.8 Å². The molecule has 6 amide bonds. The highest BCUT2D eigenvalue weighted by Crippen LogP contribution is 2.42.